The number of nitrogens with one attached hydrogen (secondary N) is 3. The molecule has 13 heteroatoms. The fraction of sp³-hybridized carbons (Fsp3) is 0.467. The van der Waals surface area contributed by atoms with Crippen LogP contribution in [0.25, 0.3) is 0 Å². The van der Waals surface area contributed by atoms with Crippen molar-refractivity contribution < 1.29 is 42.9 Å². The summed E-state index contributed by atoms with van der Waals surface area (Å²) in [6, 6.07) is 7.51. The van der Waals surface area contributed by atoms with E-state index in [-0.39, 0.29) is 37.7 Å². The SMILES string of the molecule is COc1ccc(C[C@H](NC(=O)[C@H](C)NC(=O)CN2CCOCC2)C(=O)N[C@@H](Cc2ccc(O)c(F)c2)C(=O)[C@H]2CO2)cc1. The maximum Gasteiger partial charge on any atom is 0.243 e. The third-order valence-corrected chi connectivity index (χ3v) is 7.24. The number of nitrogens with zero attached hydrogens (tertiary/aromatic N) is 1. The number of Topliss-reactive ketones (excluding diaryl/α,β-unsaturated/α-hetero) is 1. The fourth-order valence-electron chi connectivity index (χ4n) is 4.66. The highest BCUT2D eigenvalue weighted by Crippen LogP contribution is 2.20. The van der Waals surface area contributed by atoms with Crippen LogP contribution < -0.4 is 20.7 Å². The number of morpholine rings is 1. The number of halogens is 1. The monoisotopic (exact) mass is 600 g/mol. The first-order valence-electron chi connectivity index (χ1n) is 14.1. The van der Waals surface area contributed by atoms with E-state index >= 15 is 0 Å². The highest BCUT2D eigenvalue weighted by Gasteiger charge is 2.38. The van der Waals surface area contributed by atoms with Crippen LogP contribution >= 0.6 is 0 Å². The van der Waals surface area contributed by atoms with Crippen molar-refractivity contribution in [3.8, 4) is 11.5 Å². The summed E-state index contributed by atoms with van der Waals surface area (Å²) in [4.78, 5) is 54.3. The smallest absolute Gasteiger partial charge is 0.243 e. The Bertz CT molecular complexity index is 1300. The van der Waals surface area contributed by atoms with Crippen molar-refractivity contribution in [2.45, 2.75) is 44.0 Å². The molecular formula is C30H37FN4O8. The zero-order chi connectivity index (χ0) is 30.9. The molecular weight excluding hydrogens is 563 g/mol. The predicted molar refractivity (Wildman–Crippen MR) is 152 cm³/mol. The van der Waals surface area contributed by atoms with Crippen molar-refractivity contribution in [3.63, 3.8) is 0 Å². The van der Waals surface area contributed by atoms with E-state index in [0.29, 0.717) is 43.2 Å². The van der Waals surface area contributed by atoms with Gasteiger partial charge in [-0.3, -0.25) is 24.1 Å². The van der Waals surface area contributed by atoms with E-state index in [1.807, 2.05) is 4.90 Å². The maximum atomic E-state index is 14.0. The molecule has 43 heavy (non-hydrogen) atoms. The lowest BCUT2D eigenvalue weighted by Gasteiger charge is -2.27. The van der Waals surface area contributed by atoms with Gasteiger partial charge in [-0.05, 0) is 48.7 Å². The number of amides is 3. The molecule has 3 amide bonds. The van der Waals surface area contributed by atoms with E-state index in [2.05, 4.69) is 16.0 Å². The quantitative estimate of drug-likeness (QED) is 0.221. The number of phenolic OH excluding ortho intramolecular Hbond substituents is 1. The molecule has 2 aliphatic heterocycles. The summed E-state index contributed by atoms with van der Waals surface area (Å²) in [6.45, 7) is 4.13. The summed E-state index contributed by atoms with van der Waals surface area (Å²) in [7, 11) is 1.53. The minimum atomic E-state index is -1.12. The normalized spacial score (nSPS) is 18.5. The Hall–Kier alpha value is -4.07. The van der Waals surface area contributed by atoms with Crippen LogP contribution in [0.4, 0.5) is 4.39 Å². The number of rotatable bonds is 14. The molecule has 0 bridgehead atoms. The summed E-state index contributed by atoms with van der Waals surface area (Å²) >= 11 is 0. The van der Waals surface area contributed by atoms with Gasteiger partial charge in [0.15, 0.2) is 17.3 Å². The zero-order valence-electron chi connectivity index (χ0n) is 24.1. The average Bonchev–Trinajstić information content (AvgIpc) is 3.84. The summed E-state index contributed by atoms with van der Waals surface area (Å²) in [5.41, 5.74) is 1.08. The van der Waals surface area contributed by atoms with Crippen LogP contribution in [-0.4, -0.2) is 104 Å². The maximum absolute atomic E-state index is 14.0. The van der Waals surface area contributed by atoms with Crippen molar-refractivity contribution >= 4 is 23.5 Å². The molecule has 0 spiro atoms. The van der Waals surface area contributed by atoms with Gasteiger partial charge in [-0.1, -0.05) is 18.2 Å². The molecule has 2 aliphatic rings. The fourth-order valence-corrected chi connectivity index (χ4v) is 4.66. The number of hydrogen-bond donors (Lipinski definition) is 4. The second-order valence-electron chi connectivity index (χ2n) is 10.6. The van der Waals surface area contributed by atoms with E-state index in [9.17, 15) is 28.7 Å². The van der Waals surface area contributed by atoms with E-state index in [0.717, 1.165) is 6.07 Å². The van der Waals surface area contributed by atoms with E-state index < -0.39 is 47.6 Å². The number of aromatic hydroxyl groups is 1. The second-order valence-corrected chi connectivity index (χ2v) is 10.6. The van der Waals surface area contributed by atoms with Crippen molar-refractivity contribution in [2.24, 2.45) is 0 Å². The standard InChI is InChI=1S/C30H37FN4O8/c1-18(32-27(37)16-35-9-11-42-12-10-35)29(39)34-24(14-19-3-6-21(41-2)7-4-19)30(40)33-23(28(38)26-17-43-26)15-20-5-8-25(36)22(31)13-20/h3-8,13,18,23-24,26,36H,9-12,14-17H2,1-2H3,(H,32,37)(H,33,40)(H,34,39)/t18-,23-,24-,26+/m0/s1. The molecule has 2 aromatic rings. The largest absolute Gasteiger partial charge is 0.505 e. The number of ether oxygens (including phenoxy) is 3. The average molecular weight is 601 g/mol. The Balaban J connectivity index is 1.46. The number of carbonyl (C=O) groups excluding carboxylic acids is 4. The van der Waals surface area contributed by atoms with Crippen LogP contribution in [0.2, 0.25) is 0 Å². The summed E-state index contributed by atoms with van der Waals surface area (Å²) in [5, 5.41) is 17.6. The van der Waals surface area contributed by atoms with Gasteiger partial charge in [-0.15, -0.1) is 0 Å². The van der Waals surface area contributed by atoms with Gasteiger partial charge in [0, 0.05) is 19.5 Å². The Labute approximate surface area is 248 Å². The lowest BCUT2D eigenvalue weighted by molar-refractivity contribution is -0.133. The van der Waals surface area contributed by atoms with E-state index in [1.165, 1.54) is 26.2 Å². The molecule has 2 aromatic carbocycles. The van der Waals surface area contributed by atoms with Crippen LogP contribution in [0, 0.1) is 5.82 Å². The van der Waals surface area contributed by atoms with Gasteiger partial charge in [0.1, 0.15) is 23.9 Å². The summed E-state index contributed by atoms with van der Waals surface area (Å²) in [5.74, 6) is -2.73. The molecule has 2 heterocycles. The second kappa shape index (κ2) is 14.9. The number of ketones is 1. The Kier molecular flexibility index (Phi) is 11.0. The summed E-state index contributed by atoms with van der Waals surface area (Å²) < 4.78 is 29.6. The highest BCUT2D eigenvalue weighted by molar-refractivity contribution is 5.96. The first-order valence-corrected chi connectivity index (χ1v) is 14.1. The van der Waals surface area contributed by atoms with Gasteiger partial charge < -0.3 is 35.3 Å². The van der Waals surface area contributed by atoms with Gasteiger partial charge in [-0.25, -0.2) is 4.39 Å². The third-order valence-electron chi connectivity index (χ3n) is 7.24. The molecule has 2 saturated heterocycles. The van der Waals surface area contributed by atoms with Gasteiger partial charge >= 0.3 is 0 Å². The van der Waals surface area contributed by atoms with Crippen LogP contribution in [0.3, 0.4) is 0 Å². The molecule has 232 valence electrons. The highest BCUT2D eigenvalue weighted by atomic mass is 19.1. The third kappa shape index (κ3) is 9.46. The molecule has 0 aromatic heterocycles. The van der Waals surface area contributed by atoms with Crippen LogP contribution in [0.5, 0.6) is 11.5 Å². The van der Waals surface area contributed by atoms with Gasteiger partial charge in [0.25, 0.3) is 0 Å². The molecule has 0 aliphatic carbocycles. The Morgan fingerprint density at radius 2 is 1.60 bits per heavy atom. The Morgan fingerprint density at radius 1 is 0.977 bits per heavy atom. The molecule has 12 nitrogen and oxygen atoms in total. The Morgan fingerprint density at radius 3 is 2.23 bits per heavy atom. The van der Waals surface area contributed by atoms with Crippen molar-refractivity contribution in [3.05, 3.63) is 59.4 Å². The van der Waals surface area contributed by atoms with Crippen molar-refractivity contribution in [1.29, 1.82) is 0 Å². The van der Waals surface area contributed by atoms with Crippen LogP contribution in [0.15, 0.2) is 42.5 Å². The molecule has 0 radical (unpaired) electrons. The first-order chi connectivity index (χ1) is 20.6. The van der Waals surface area contributed by atoms with E-state index in [4.69, 9.17) is 14.2 Å². The zero-order valence-corrected chi connectivity index (χ0v) is 24.1. The van der Waals surface area contributed by atoms with Crippen molar-refractivity contribution in [2.75, 3.05) is 46.6 Å². The van der Waals surface area contributed by atoms with Gasteiger partial charge in [0.2, 0.25) is 17.7 Å². The topological polar surface area (TPSA) is 159 Å². The number of carbonyl (C=O) groups is 4. The molecule has 0 unspecified atom stereocenters. The minimum absolute atomic E-state index is 0.0567. The number of phenols is 1. The molecule has 4 atom stereocenters. The summed E-state index contributed by atoms with van der Waals surface area (Å²) in [6.07, 6.45) is -0.674. The lowest BCUT2D eigenvalue weighted by Crippen LogP contribution is -2.57. The van der Waals surface area contributed by atoms with E-state index in [1.54, 1.807) is 24.3 Å². The van der Waals surface area contributed by atoms with Crippen LogP contribution in [0.1, 0.15) is 18.1 Å². The molecule has 0 saturated carbocycles. The molecule has 2 fully saturated rings. The minimum Gasteiger partial charge on any atom is -0.505 e. The number of epoxide rings is 1. The van der Waals surface area contributed by atoms with Gasteiger partial charge in [-0.2, -0.15) is 0 Å². The number of benzene rings is 2. The number of hydrogen-bond acceptors (Lipinski definition) is 9. The van der Waals surface area contributed by atoms with Crippen LogP contribution in [-0.2, 0) is 41.5 Å². The lowest BCUT2D eigenvalue weighted by atomic mass is 9.98. The number of methoxy groups -OCH3 is 1. The van der Waals surface area contributed by atoms with Crippen molar-refractivity contribution in [1.82, 2.24) is 20.9 Å². The molecule has 4 rings (SSSR count). The van der Waals surface area contributed by atoms with Gasteiger partial charge in [0.05, 0.1) is 39.5 Å². The predicted octanol–water partition coefficient (Wildman–Crippen LogP) is 0.0995. The first kappa shape index (κ1) is 31.9. The molecule has 4 N–H and O–H groups in total.